The van der Waals surface area contributed by atoms with Crippen molar-refractivity contribution in [3.63, 3.8) is 0 Å². The van der Waals surface area contributed by atoms with Gasteiger partial charge in [0.1, 0.15) is 0 Å². The lowest BCUT2D eigenvalue weighted by Gasteiger charge is -2.18. The summed E-state index contributed by atoms with van der Waals surface area (Å²) in [5.74, 6) is 0.231. The topological polar surface area (TPSA) is 20.3 Å². The average Bonchev–Trinajstić information content (AvgIpc) is 2.32. The zero-order valence-electron chi connectivity index (χ0n) is 10.6. The number of halogens is 1. The van der Waals surface area contributed by atoms with Crippen molar-refractivity contribution in [2.45, 2.75) is 32.7 Å². The quantitative estimate of drug-likeness (QED) is 0.581. The lowest BCUT2D eigenvalue weighted by atomic mass is 10.1. The van der Waals surface area contributed by atoms with Crippen LogP contribution in [0, 0.1) is 6.92 Å². The highest BCUT2D eigenvalue weighted by Gasteiger charge is 2.09. The van der Waals surface area contributed by atoms with Crippen LogP contribution in [0.4, 0.5) is 0 Å². The van der Waals surface area contributed by atoms with E-state index in [2.05, 4.69) is 35.0 Å². The van der Waals surface area contributed by atoms with Gasteiger partial charge in [0.2, 0.25) is 5.91 Å². The molecule has 0 atom stereocenters. The van der Waals surface area contributed by atoms with E-state index in [0.717, 1.165) is 18.2 Å². The third-order valence-corrected chi connectivity index (χ3v) is 3.43. The number of rotatable bonds is 6. The number of hydrogen-bond donors (Lipinski definition) is 0. The Bertz CT molecular complexity index is 365. The van der Waals surface area contributed by atoms with E-state index in [4.69, 9.17) is 0 Å². The largest absolute Gasteiger partial charge is 0.341 e. The Morgan fingerprint density at radius 3 is 2.65 bits per heavy atom. The van der Waals surface area contributed by atoms with Crippen molar-refractivity contribution in [2.24, 2.45) is 0 Å². The summed E-state index contributed by atoms with van der Waals surface area (Å²) in [6.07, 6.45) is 2.67. The second-order valence-electron chi connectivity index (χ2n) is 4.32. The first kappa shape index (κ1) is 14.2. The molecule has 0 unspecified atom stereocenters. The van der Waals surface area contributed by atoms with Gasteiger partial charge in [0.25, 0.3) is 0 Å². The minimum atomic E-state index is 0.231. The van der Waals surface area contributed by atoms with E-state index in [1.165, 1.54) is 11.1 Å². The number of nitrogens with zero attached hydrogens (tertiary/aromatic N) is 1. The molecule has 1 rings (SSSR count). The molecule has 1 aromatic carbocycles. The molecule has 0 spiro atoms. The summed E-state index contributed by atoms with van der Waals surface area (Å²) >= 11 is 3.37. The summed E-state index contributed by atoms with van der Waals surface area (Å²) in [4.78, 5) is 13.7. The zero-order valence-corrected chi connectivity index (χ0v) is 12.2. The summed E-state index contributed by atoms with van der Waals surface area (Å²) in [5.41, 5.74) is 2.47. The molecule has 0 fully saturated rings. The molecular formula is C14H20BrNO. The van der Waals surface area contributed by atoms with Gasteiger partial charge in [0, 0.05) is 25.3 Å². The van der Waals surface area contributed by atoms with E-state index in [1.807, 2.05) is 24.1 Å². The second-order valence-corrected chi connectivity index (χ2v) is 5.12. The van der Waals surface area contributed by atoms with Crippen LogP contribution in [0.25, 0.3) is 0 Å². The van der Waals surface area contributed by atoms with E-state index in [-0.39, 0.29) is 5.91 Å². The first-order valence-electron chi connectivity index (χ1n) is 5.99. The number of hydrogen-bond acceptors (Lipinski definition) is 1. The first-order valence-corrected chi connectivity index (χ1v) is 7.11. The van der Waals surface area contributed by atoms with Crippen molar-refractivity contribution >= 4 is 21.8 Å². The summed E-state index contributed by atoms with van der Waals surface area (Å²) in [6.45, 7) is 2.79. The van der Waals surface area contributed by atoms with Gasteiger partial charge in [-0.3, -0.25) is 4.79 Å². The third kappa shape index (κ3) is 4.90. The summed E-state index contributed by atoms with van der Waals surface area (Å²) in [6, 6.07) is 8.21. The van der Waals surface area contributed by atoms with Gasteiger partial charge in [0.05, 0.1) is 0 Å². The number of carbonyl (C=O) groups excluding carboxylic acids is 1. The Labute approximate surface area is 112 Å². The molecule has 0 aliphatic heterocycles. The fraction of sp³-hybridized carbons (Fsp3) is 0.500. The van der Waals surface area contributed by atoms with Gasteiger partial charge < -0.3 is 4.90 Å². The van der Waals surface area contributed by atoms with Gasteiger partial charge in [0.15, 0.2) is 0 Å². The van der Waals surface area contributed by atoms with Crippen LogP contribution in [0.2, 0.25) is 0 Å². The fourth-order valence-corrected chi connectivity index (χ4v) is 2.09. The molecule has 0 saturated heterocycles. The Hall–Kier alpha value is -0.830. The normalized spacial score (nSPS) is 10.3. The lowest BCUT2D eigenvalue weighted by molar-refractivity contribution is -0.130. The van der Waals surface area contributed by atoms with Crippen molar-refractivity contribution in [1.29, 1.82) is 0 Å². The Morgan fingerprint density at radius 1 is 1.29 bits per heavy atom. The van der Waals surface area contributed by atoms with Crippen molar-refractivity contribution in [1.82, 2.24) is 4.90 Å². The summed E-state index contributed by atoms with van der Waals surface area (Å²) in [5, 5.41) is 0.974. The Kier molecular flexibility index (Phi) is 6.27. The van der Waals surface area contributed by atoms with Crippen LogP contribution < -0.4 is 0 Å². The number of amides is 1. The molecule has 0 radical (unpaired) electrons. The molecule has 2 nitrogen and oxygen atoms in total. The average molecular weight is 298 g/mol. The molecule has 0 heterocycles. The molecule has 0 saturated carbocycles. The molecule has 0 N–H and O–H groups in total. The maximum absolute atomic E-state index is 11.8. The van der Waals surface area contributed by atoms with Gasteiger partial charge in [-0.2, -0.15) is 0 Å². The molecule has 0 aromatic heterocycles. The van der Waals surface area contributed by atoms with Crippen LogP contribution in [0.15, 0.2) is 24.3 Å². The highest BCUT2D eigenvalue weighted by atomic mass is 79.9. The van der Waals surface area contributed by atoms with Crippen molar-refractivity contribution < 1.29 is 4.79 Å². The smallest absolute Gasteiger partial charge is 0.222 e. The number of unbranched alkanes of at least 4 members (excludes halogenated alkanes) is 1. The van der Waals surface area contributed by atoms with E-state index >= 15 is 0 Å². The minimum Gasteiger partial charge on any atom is -0.341 e. The van der Waals surface area contributed by atoms with Crippen LogP contribution in [-0.4, -0.2) is 23.2 Å². The number of carbonyl (C=O) groups is 1. The van der Waals surface area contributed by atoms with Crippen molar-refractivity contribution in [2.75, 3.05) is 12.4 Å². The lowest BCUT2D eigenvalue weighted by Crippen LogP contribution is -2.26. The van der Waals surface area contributed by atoms with Crippen LogP contribution in [0.3, 0.4) is 0 Å². The van der Waals surface area contributed by atoms with Crippen LogP contribution in [0.5, 0.6) is 0 Å². The number of alkyl halides is 1. The zero-order chi connectivity index (χ0) is 12.7. The van der Waals surface area contributed by atoms with Gasteiger partial charge in [-0.05, 0) is 30.9 Å². The molecule has 1 amide bonds. The van der Waals surface area contributed by atoms with E-state index < -0.39 is 0 Å². The van der Waals surface area contributed by atoms with Crippen molar-refractivity contribution in [3.05, 3.63) is 35.4 Å². The highest BCUT2D eigenvalue weighted by Crippen LogP contribution is 2.11. The molecule has 0 bridgehead atoms. The molecule has 17 heavy (non-hydrogen) atoms. The Morgan fingerprint density at radius 2 is 2.00 bits per heavy atom. The molecular weight excluding hydrogens is 278 g/mol. The monoisotopic (exact) mass is 297 g/mol. The van der Waals surface area contributed by atoms with E-state index in [0.29, 0.717) is 13.0 Å². The van der Waals surface area contributed by atoms with E-state index in [9.17, 15) is 4.79 Å². The van der Waals surface area contributed by atoms with Crippen LogP contribution in [-0.2, 0) is 11.3 Å². The van der Waals surface area contributed by atoms with E-state index in [1.54, 1.807) is 0 Å². The third-order valence-electron chi connectivity index (χ3n) is 2.87. The van der Waals surface area contributed by atoms with Gasteiger partial charge in [-0.1, -0.05) is 40.2 Å². The molecule has 3 heteroatoms. The SMILES string of the molecule is Cc1ccccc1CN(C)C(=O)CCCCBr. The predicted molar refractivity (Wildman–Crippen MR) is 75.3 cm³/mol. The van der Waals surface area contributed by atoms with Gasteiger partial charge in [-0.15, -0.1) is 0 Å². The maximum Gasteiger partial charge on any atom is 0.222 e. The molecule has 1 aromatic rings. The maximum atomic E-state index is 11.8. The van der Waals surface area contributed by atoms with Crippen LogP contribution >= 0.6 is 15.9 Å². The predicted octanol–water partition coefficient (Wildman–Crippen LogP) is 3.52. The Balaban J connectivity index is 2.46. The number of benzene rings is 1. The van der Waals surface area contributed by atoms with Crippen molar-refractivity contribution in [3.8, 4) is 0 Å². The first-order chi connectivity index (χ1) is 8.15. The molecule has 0 aliphatic carbocycles. The van der Waals surface area contributed by atoms with Gasteiger partial charge >= 0.3 is 0 Å². The second kappa shape index (κ2) is 7.49. The van der Waals surface area contributed by atoms with Crippen LogP contribution in [0.1, 0.15) is 30.4 Å². The number of aryl methyl sites for hydroxylation is 1. The minimum absolute atomic E-state index is 0.231. The summed E-state index contributed by atoms with van der Waals surface area (Å²) in [7, 11) is 1.88. The molecule has 94 valence electrons. The molecule has 0 aliphatic rings. The van der Waals surface area contributed by atoms with Gasteiger partial charge in [-0.25, -0.2) is 0 Å². The fourth-order valence-electron chi connectivity index (χ4n) is 1.69. The highest BCUT2D eigenvalue weighted by molar-refractivity contribution is 9.09. The standard InChI is InChI=1S/C14H20BrNO/c1-12-7-3-4-8-13(12)11-16(2)14(17)9-5-6-10-15/h3-4,7-8H,5-6,9-11H2,1-2H3. The summed E-state index contributed by atoms with van der Waals surface area (Å²) < 4.78 is 0.